The molecule has 0 saturated carbocycles. The molecule has 0 spiro atoms. The first kappa shape index (κ1) is 15.1. The van der Waals surface area contributed by atoms with Crippen LogP contribution >= 0.6 is 23.5 Å². The number of aromatic nitrogens is 3. The van der Waals surface area contributed by atoms with Gasteiger partial charge in [0.25, 0.3) is 0 Å². The number of rotatable bonds is 3. The van der Waals surface area contributed by atoms with Crippen LogP contribution in [0.5, 0.6) is 0 Å². The number of fused-ring (bicyclic) bond motifs is 2. The van der Waals surface area contributed by atoms with Crippen LogP contribution in [0.15, 0.2) is 63.5 Å². The number of hydrogen-bond donors (Lipinski definition) is 2. The number of para-hydroxylation sites is 2. The van der Waals surface area contributed by atoms with Gasteiger partial charge < -0.3 is 5.73 Å². The second-order valence-electron chi connectivity index (χ2n) is 5.06. The molecule has 0 unspecified atom stereocenters. The number of nitrogens with zero attached hydrogens (tertiary/aromatic N) is 3. The minimum Gasteiger partial charge on any atom is -0.368 e. The molecule has 4 rings (SSSR count). The van der Waals surface area contributed by atoms with Gasteiger partial charge >= 0.3 is 0 Å². The zero-order valence-corrected chi connectivity index (χ0v) is 14.1. The molecule has 0 radical (unpaired) electrons. The molecule has 6 nitrogen and oxygen atoms in total. The Kier molecular flexibility index (Phi) is 3.91. The molecule has 8 heteroatoms. The minimum absolute atomic E-state index is 0.0245. The average Bonchev–Trinajstić information content (AvgIpc) is 3.03. The highest BCUT2D eigenvalue weighted by atomic mass is 32.2. The second kappa shape index (κ2) is 6.21. The van der Waals surface area contributed by atoms with Gasteiger partial charge in [0, 0.05) is 9.79 Å². The van der Waals surface area contributed by atoms with E-state index in [0.717, 1.165) is 21.2 Å². The van der Waals surface area contributed by atoms with E-state index in [-0.39, 0.29) is 17.6 Å². The molecule has 2 aromatic carbocycles. The largest absolute Gasteiger partial charge is 0.368 e. The SMILES string of the molecule is Nc1nc(SCC(=O)N2c3ccccc3Sc3ccccc32)n[nH]1. The van der Waals surface area contributed by atoms with Crippen LogP contribution < -0.4 is 10.6 Å². The van der Waals surface area contributed by atoms with Crippen LogP contribution in [0, 0.1) is 0 Å². The Labute approximate surface area is 146 Å². The number of aromatic amines is 1. The van der Waals surface area contributed by atoms with Gasteiger partial charge in [0.15, 0.2) is 0 Å². The number of anilines is 3. The number of nitrogen functional groups attached to an aromatic ring is 1. The third kappa shape index (κ3) is 2.74. The topological polar surface area (TPSA) is 87.9 Å². The Morgan fingerprint density at radius 2 is 1.75 bits per heavy atom. The molecule has 3 aromatic rings. The van der Waals surface area contributed by atoms with Crippen LogP contribution in [0.2, 0.25) is 0 Å². The maximum absolute atomic E-state index is 12.9. The molecule has 2 heterocycles. The molecule has 0 fully saturated rings. The van der Waals surface area contributed by atoms with Crippen LogP contribution in [0.4, 0.5) is 17.3 Å². The van der Waals surface area contributed by atoms with Crippen molar-refractivity contribution in [1.29, 1.82) is 0 Å². The number of benzene rings is 2. The fourth-order valence-corrected chi connectivity index (χ4v) is 4.20. The summed E-state index contributed by atoms with van der Waals surface area (Å²) in [6.45, 7) is 0. The maximum atomic E-state index is 12.9. The number of carbonyl (C=O) groups excluding carboxylic acids is 1. The Morgan fingerprint density at radius 1 is 1.12 bits per heavy atom. The lowest BCUT2D eigenvalue weighted by molar-refractivity contribution is -0.115. The second-order valence-corrected chi connectivity index (χ2v) is 7.08. The first-order chi connectivity index (χ1) is 11.7. The number of amides is 1. The van der Waals surface area contributed by atoms with Crippen LogP contribution in [0.25, 0.3) is 0 Å². The van der Waals surface area contributed by atoms with Crippen molar-refractivity contribution in [3.63, 3.8) is 0 Å². The summed E-state index contributed by atoms with van der Waals surface area (Å²) in [7, 11) is 0. The molecule has 0 saturated heterocycles. The van der Waals surface area contributed by atoms with E-state index in [0.29, 0.717) is 5.16 Å². The van der Waals surface area contributed by atoms with Crippen molar-refractivity contribution in [1.82, 2.24) is 15.2 Å². The van der Waals surface area contributed by atoms with E-state index in [1.54, 1.807) is 16.7 Å². The standard InChI is InChI=1S/C16H13N5OS2/c17-15-18-16(20-19-15)23-9-14(22)21-10-5-1-3-7-12(10)24-13-8-4-2-6-11(13)21/h1-8H,9H2,(H3,17,18,19,20). The number of H-pyrrole nitrogens is 1. The van der Waals surface area contributed by atoms with Gasteiger partial charge in [-0.3, -0.25) is 9.69 Å². The van der Waals surface area contributed by atoms with Crippen molar-refractivity contribution >= 4 is 46.8 Å². The lowest BCUT2D eigenvalue weighted by Crippen LogP contribution is -2.30. The molecule has 24 heavy (non-hydrogen) atoms. The minimum atomic E-state index is -0.0245. The molecule has 1 aromatic heterocycles. The van der Waals surface area contributed by atoms with Gasteiger partial charge in [-0.1, -0.05) is 47.8 Å². The summed E-state index contributed by atoms with van der Waals surface area (Å²) in [5.41, 5.74) is 7.32. The molecule has 0 aliphatic carbocycles. The van der Waals surface area contributed by atoms with E-state index in [1.807, 2.05) is 48.5 Å². The highest BCUT2D eigenvalue weighted by molar-refractivity contribution is 8.00. The molecule has 1 aliphatic rings. The Bertz CT molecular complexity index is 865. The maximum Gasteiger partial charge on any atom is 0.242 e. The lowest BCUT2D eigenvalue weighted by atomic mass is 10.2. The van der Waals surface area contributed by atoms with Crippen LogP contribution in [0.3, 0.4) is 0 Å². The number of carbonyl (C=O) groups is 1. The van der Waals surface area contributed by atoms with Crippen LogP contribution in [0.1, 0.15) is 0 Å². The van der Waals surface area contributed by atoms with Crippen molar-refractivity contribution in [3.8, 4) is 0 Å². The molecule has 3 N–H and O–H groups in total. The first-order valence-electron chi connectivity index (χ1n) is 7.22. The molecule has 0 atom stereocenters. The summed E-state index contributed by atoms with van der Waals surface area (Å²) in [6, 6.07) is 15.8. The van der Waals surface area contributed by atoms with Crippen LogP contribution in [-0.4, -0.2) is 26.8 Å². The third-order valence-corrected chi connectivity index (χ3v) is 5.45. The molecule has 120 valence electrons. The zero-order chi connectivity index (χ0) is 16.5. The normalized spacial score (nSPS) is 12.6. The summed E-state index contributed by atoms with van der Waals surface area (Å²) >= 11 is 2.94. The molecular weight excluding hydrogens is 342 g/mol. The van der Waals surface area contributed by atoms with Gasteiger partial charge in [0.05, 0.1) is 17.1 Å². The predicted molar refractivity (Wildman–Crippen MR) is 95.7 cm³/mol. The third-order valence-electron chi connectivity index (χ3n) is 3.49. The van der Waals surface area contributed by atoms with E-state index in [1.165, 1.54) is 11.8 Å². The van der Waals surface area contributed by atoms with E-state index in [9.17, 15) is 4.79 Å². The fourth-order valence-electron chi connectivity index (χ4n) is 2.49. The quantitative estimate of drug-likeness (QED) is 0.701. The zero-order valence-electron chi connectivity index (χ0n) is 12.5. The monoisotopic (exact) mass is 355 g/mol. The summed E-state index contributed by atoms with van der Waals surface area (Å²) in [6.07, 6.45) is 0. The molecule has 1 aliphatic heterocycles. The highest BCUT2D eigenvalue weighted by Crippen LogP contribution is 2.48. The molecule has 1 amide bonds. The van der Waals surface area contributed by atoms with Crippen LogP contribution in [-0.2, 0) is 4.79 Å². The Hall–Kier alpha value is -2.45. The van der Waals surface area contributed by atoms with Crippen molar-refractivity contribution in [2.75, 3.05) is 16.4 Å². The predicted octanol–water partition coefficient (Wildman–Crippen LogP) is 3.31. The van der Waals surface area contributed by atoms with Crippen molar-refractivity contribution in [2.45, 2.75) is 14.9 Å². The number of nitrogens with one attached hydrogen (secondary N) is 1. The fraction of sp³-hybridized carbons (Fsp3) is 0.0625. The average molecular weight is 355 g/mol. The van der Waals surface area contributed by atoms with Gasteiger partial charge in [0.2, 0.25) is 17.0 Å². The summed E-state index contributed by atoms with van der Waals surface area (Å²) in [5, 5.41) is 6.99. The summed E-state index contributed by atoms with van der Waals surface area (Å²) in [4.78, 5) is 20.8. The number of nitrogens with two attached hydrogens (primary N) is 1. The smallest absolute Gasteiger partial charge is 0.242 e. The molecule has 0 bridgehead atoms. The molecular formula is C16H13N5OS2. The van der Waals surface area contributed by atoms with Gasteiger partial charge in [-0.15, -0.1) is 5.10 Å². The van der Waals surface area contributed by atoms with E-state index < -0.39 is 0 Å². The summed E-state index contributed by atoms with van der Waals surface area (Å²) < 4.78 is 0. The van der Waals surface area contributed by atoms with Gasteiger partial charge in [0.1, 0.15) is 0 Å². The number of thioether (sulfide) groups is 1. The summed E-state index contributed by atoms with van der Waals surface area (Å²) in [5.74, 6) is 0.448. The van der Waals surface area contributed by atoms with E-state index in [4.69, 9.17) is 5.73 Å². The van der Waals surface area contributed by atoms with Crippen molar-refractivity contribution in [3.05, 3.63) is 48.5 Å². The Balaban J connectivity index is 1.65. The number of hydrogen-bond acceptors (Lipinski definition) is 6. The van der Waals surface area contributed by atoms with E-state index in [2.05, 4.69) is 15.2 Å². The Morgan fingerprint density at radius 3 is 2.33 bits per heavy atom. The lowest BCUT2D eigenvalue weighted by Gasteiger charge is -2.30. The van der Waals surface area contributed by atoms with Gasteiger partial charge in [-0.25, -0.2) is 5.10 Å². The van der Waals surface area contributed by atoms with Gasteiger partial charge in [-0.2, -0.15) is 4.98 Å². The van der Waals surface area contributed by atoms with E-state index >= 15 is 0 Å². The van der Waals surface area contributed by atoms with Gasteiger partial charge in [-0.05, 0) is 24.3 Å². The van der Waals surface area contributed by atoms with Crippen molar-refractivity contribution in [2.24, 2.45) is 0 Å². The van der Waals surface area contributed by atoms with Crippen molar-refractivity contribution < 1.29 is 4.79 Å². The first-order valence-corrected chi connectivity index (χ1v) is 9.02. The highest BCUT2D eigenvalue weighted by Gasteiger charge is 2.27.